The Kier molecular flexibility index (Phi) is 8.46. The molecule has 0 radical (unpaired) electrons. The predicted molar refractivity (Wildman–Crippen MR) is 134 cm³/mol. The molecule has 0 aromatic heterocycles. The highest BCUT2D eigenvalue weighted by Crippen LogP contribution is 2.49. The number of Topliss-reactive ketones (excluding diaryl/α,β-unsaturated/α-hetero) is 2. The molecule has 0 unspecified atom stereocenters. The lowest BCUT2D eigenvalue weighted by molar-refractivity contribution is -0.144. The molecule has 4 rings (SSSR count). The Morgan fingerprint density at radius 3 is 2.50 bits per heavy atom. The molecule has 0 aliphatic carbocycles. The number of carbonyl (C=O) groups excluding carboxylic acids is 3. The molecule has 2 aliphatic heterocycles. The highest BCUT2D eigenvalue weighted by molar-refractivity contribution is 8.25. The predicted octanol–water partition coefficient (Wildman–Crippen LogP) is 4.58. The molecule has 1 saturated heterocycles. The van der Waals surface area contributed by atoms with Crippen molar-refractivity contribution in [3.8, 4) is 5.75 Å². The first kappa shape index (κ1) is 28.1. The molecular weight excluding hydrogens is 525 g/mol. The highest BCUT2D eigenvalue weighted by atomic mass is 32.3. The van der Waals surface area contributed by atoms with Crippen LogP contribution in [0.5, 0.6) is 5.75 Å². The fourth-order valence-electron chi connectivity index (χ4n) is 4.62. The number of rotatable bonds is 8. The Labute approximate surface area is 219 Å². The number of fused-ring (bicyclic) bond motifs is 1. The molecule has 1 atom stereocenters. The maximum absolute atomic E-state index is 13.0. The number of hydrogen-bond donors (Lipinski definition) is 3. The molecule has 0 bridgehead atoms. The molecule has 2 heterocycles. The molecular formula is C26H29F3N2O6S. The second-order valence-corrected chi connectivity index (χ2v) is 11.6. The van der Waals surface area contributed by atoms with Gasteiger partial charge in [0.15, 0.2) is 0 Å². The first-order chi connectivity index (χ1) is 17.9. The van der Waals surface area contributed by atoms with E-state index in [1.807, 2.05) is 18.2 Å². The zero-order valence-corrected chi connectivity index (χ0v) is 21.3. The Morgan fingerprint density at radius 1 is 1.05 bits per heavy atom. The fourth-order valence-corrected chi connectivity index (χ4v) is 5.89. The topological polar surface area (TPSA) is 116 Å². The maximum atomic E-state index is 13.0. The van der Waals surface area contributed by atoms with Crippen LogP contribution in [0.15, 0.2) is 47.4 Å². The van der Waals surface area contributed by atoms with Gasteiger partial charge in [-0.1, -0.05) is 24.6 Å². The second-order valence-electron chi connectivity index (χ2n) is 9.46. The SMILES string of the molecule is O=C(CS(O)(O)c1cccc(C(F)(F)F)c1)C(=O)C(=O)N[C@@H]1CCOc2cc(CN3CCCCC3)ccc21. The maximum Gasteiger partial charge on any atom is 0.416 e. The van der Waals surface area contributed by atoms with Crippen molar-refractivity contribution < 1.29 is 41.4 Å². The fraction of sp³-hybridized carbons (Fsp3) is 0.423. The number of hydrogen-bond acceptors (Lipinski definition) is 7. The normalized spacial score (nSPS) is 18.7. The summed E-state index contributed by atoms with van der Waals surface area (Å²) in [6.07, 6.45) is -0.823. The van der Waals surface area contributed by atoms with Gasteiger partial charge < -0.3 is 10.1 Å². The number of ether oxygens (including phenoxy) is 1. The van der Waals surface area contributed by atoms with Gasteiger partial charge in [0, 0.05) is 18.5 Å². The lowest BCUT2D eigenvalue weighted by Crippen LogP contribution is -2.41. The molecule has 2 aromatic rings. The summed E-state index contributed by atoms with van der Waals surface area (Å²) in [4.78, 5) is 39.2. The Hall–Kier alpha value is -2.93. The number of nitrogens with zero attached hydrogens (tertiary/aromatic N) is 1. The molecule has 1 fully saturated rings. The van der Waals surface area contributed by atoms with Crippen molar-refractivity contribution >= 4 is 28.1 Å². The van der Waals surface area contributed by atoms with E-state index in [1.165, 1.54) is 6.42 Å². The van der Waals surface area contributed by atoms with Gasteiger partial charge in [-0.3, -0.25) is 28.4 Å². The minimum Gasteiger partial charge on any atom is -0.493 e. The summed E-state index contributed by atoms with van der Waals surface area (Å²) in [6.45, 7) is 3.12. The molecule has 2 aliphatic rings. The van der Waals surface area contributed by atoms with Crippen LogP contribution < -0.4 is 10.1 Å². The monoisotopic (exact) mass is 554 g/mol. The lowest BCUT2D eigenvalue weighted by atomic mass is 9.98. The highest BCUT2D eigenvalue weighted by Gasteiger charge is 2.34. The number of nitrogens with one attached hydrogen (secondary N) is 1. The van der Waals surface area contributed by atoms with Crippen LogP contribution in [-0.2, 0) is 27.1 Å². The van der Waals surface area contributed by atoms with E-state index >= 15 is 0 Å². The lowest BCUT2D eigenvalue weighted by Gasteiger charge is -2.32. The van der Waals surface area contributed by atoms with Gasteiger partial charge in [0.2, 0.25) is 5.78 Å². The van der Waals surface area contributed by atoms with Gasteiger partial charge in [-0.2, -0.15) is 23.8 Å². The van der Waals surface area contributed by atoms with E-state index in [0.717, 1.165) is 56.2 Å². The van der Waals surface area contributed by atoms with E-state index in [9.17, 15) is 36.7 Å². The molecule has 2 aromatic carbocycles. The third-order valence-corrected chi connectivity index (χ3v) is 8.28. The number of amides is 1. The summed E-state index contributed by atoms with van der Waals surface area (Å²) in [5.41, 5.74) is 0.577. The van der Waals surface area contributed by atoms with Crippen molar-refractivity contribution in [1.29, 1.82) is 0 Å². The van der Waals surface area contributed by atoms with Crippen LogP contribution in [0.2, 0.25) is 0 Å². The van der Waals surface area contributed by atoms with E-state index in [-0.39, 0.29) is 6.61 Å². The molecule has 8 nitrogen and oxygen atoms in total. The van der Waals surface area contributed by atoms with Crippen LogP contribution in [0.1, 0.15) is 48.4 Å². The van der Waals surface area contributed by atoms with E-state index in [1.54, 1.807) is 0 Å². The van der Waals surface area contributed by atoms with Crippen LogP contribution in [0.25, 0.3) is 0 Å². The van der Waals surface area contributed by atoms with Crippen molar-refractivity contribution in [1.82, 2.24) is 10.2 Å². The quantitative estimate of drug-likeness (QED) is 0.323. The van der Waals surface area contributed by atoms with Gasteiger partial charge in [0.1, 0.15) is 11.5 Å². The summed E-state index contributed by atoms with van der Waals surface area (Å²) >= 11 is 0. The van der Waals surface area contributed by atoms with Gasteiger partial charge in [0.25, 0.3) is 11.7 Å². The van der Waals surface area contributed by atoms with E-state index < -0.39 is 56.5 Å². The third kappa shape index (κ3) is 6.73. The van der Waals surface area contributed by atoms with E-state index in [0.29, 0.717) is 23.8 Å². The van der Waals surface area contributed by atoms with Gasteiger partial charge in [-0.05, 0) is 55.8 Å². The zero-order chi connectivity index (χ0) is 27.5. The first-order valence-corrected chi connectivity index (χ1v) is 13.9. The number of alkyl halides is 3. The third-order valence-electron chi connectivity index (χ3n) is 6.61. The number of ketones is 2. The van der Waals surface area contributed by atoms with Crippen LogP contribution in [0.4, 0.5) is 13.2 Å². The summed E-state index contributed by atoms with van der Waals surface area (Å²) < 4.78 is 65.3. The molecule has 12 heteroatoms. The van der Waals surface area contributed by atoms with Crippen molar-refractivity contribution in [3.05, 3.63) is 59.2 Å². The van der Waals surface area contributed by atoms with Crippen LogP contribution >= 0.6 is 10.6 Å². The largest absolute Gasteiger partial charge is 0.493 e. The van der Waals surface area contributed by atoms with Crippen molar-refractivity contribution in [2.45, 2.75) is 49.3 Å². The Bertz CT molecular complexity index is 1210. The van der Waals surface area contributed by atoms with Crippen molar-refractivity contribution in [3.63, 3.8) is 0 Å². The zero-order valence-electron chi connectivity index (χ0n) is 20.5. The number of benzene rings is 2. The summed E-state index contributed by atoms with van der Waals surface area (Å²) in [5.74, 6) is -4.78. The second kappa shape index (κ2) is 11.4. The van der Waals surface area contributed by atoms with Crippen LogP contribution in [-0.4, -0.2) is 56.9 Å². The van der Waals surface area contributed by atoms with Crippen LogP contribution in [0, 0.1) is 0 Å². The average Bonchev–Trinajstić information content (AvgIpc) is 2.88. The number of piperidine rings is 1. The molecule has 3 N–H and O–H groups in total. The molecule has 206 valence electrons. The summed E-state index contributed by atoms with van der Waals surface area (Å²) in [5, 5.41) is 2.51. The van der Waals surface area contributed by atoms with Gasteiger partial charge in [0.05, 0.1) is 23.1 Å². The minimum absolute atomic E-state index is 0.281. The number of halogens is 3. The Balaban J connectivity index is 1.39. The standard InChI is InChI=1S/C26H29F3N2O6S/c27-26(28,29)18-5-4-6-19(14-18)38(35,36)16-22(32)24(33)25(34)30-21-9-12-37-23-13-17(7-8-20(21)23)15-31-10-2-1-3-11-31/h4-8,13-14,21,35-36H,1-3,9-12,15-16H2,(H,30,34)/t21-/m1/s1. The van der Waals surface area contributed by atoms with E-state index in [4.69, 9.17) is 4.74 Å². The number of likely N-dealkylation sites (tertiary alicyclic amines) is 1. The van der Waals surface area contributed by atoms with E-state index in [2.05, 4.69) is 10.2 Å². The summed E-state index contributed by atoms with van der Waals surface area (Å²) in [6, 6.07) is 8.27. The smallest absolute Gasteiger partial charge is 0.416 e. The summed E-state index contributed by atoms with van der Waals surface area (Å²) in [7, 11) is -4.09. The average molecular weight is 555 g/mol. The molecule has 1 amide bonds. The first-order valence-electron chi connectivity index (χ1n) is 12.2. The van der Waals surface area contributed by atoms with Crippen molar-refractivity contribution in [2.24, 2.45) is 0 Å². The van der Waals surface area contributed by atoms with Gasteiger partial charge in [-0.15, -0.1) is 0 Å². The van der Waals surface area contributed by atoms with Crippen molar-refractivity contribution in [2.75, 3.05) is 25.4 Å². The molecule has 38 heavy (non-hydrogen) atoms. The van der Waals surface area contributed by atoms with Gasteiger partial charge >= 0.3 is 6.18 Å². The molecule has 0 saturated carbocycles. The number of carbonyl (C=O) groups is 3. The molecule has 0 spiro atoms. The van der Waals surface area contributed by atoms with Crippen LogP contribution in [0.3, 0.4) is 0 Å². The minimum atomic E-state index is -4.74. The van der Waals surface area contributed by atoms with Gasteiger partial charge in [-0.25, -0.2) is 0 Å². The Morgan fingerprint density at radius 2 is 1.79 bits per heavy atom.